The average molecular weight is 414 g/mol. The zero-order valence-corrected chi connectivity index (χ0v) is 15.4. The van der Waals surface area contributed by atoms with Gasteiger partial charge in [0.25, 0.3) is 0 Å². The molecule has 1 saturated heterocycles. The van der Waals surface area contributed by atoms with Crippen molar-refractivity contribution in [3.63, 3.8) is 0 Å². The predicted molar refractivity (Wildman–Crippen MR) is 95.2 cm³/mol. The maximum atomic E-state index is 13.8. The van der Waals surface area contributed by atoms with Gasteiger partial charge >= 0.3 is 12.2 Å². The summed E-state index contributed by atoms with van der Waals surface area (Å²) < 4.78 is 46.7. The zero-order valence-electron chi connectivity index (χ0n) is 14.6. The van der Waals surface area contributed by atoms with Crippen LogP contribution < -0.4 is 15.4 Å². The molecule has 3 atom stereocenters. The molecule has 2 amide bonds. The minimum Gasteiger partial charge on any atom is -0.494 e. The van der Waals surface area contributed by atoms with Crippen LogP contribution in [0.5, 0.6) is 5.75 Å². The highest BCUT2D eigenvalue weighted by atomic mass is 32.1. The van der Waals surface area contributed by atoms with Crippen molar-refractivity contribution in [3.05, 3.63) is 52.2 Å². The molecule has 1 aromatic carbocycles. The Labute approximate surface area is 162 Å². The third kappa shape index (κ3) is 3.57. The summed E-state index contributed by atoms with van der Waals surface area (Å²) in [4.78, 5) is 24.9. The van der Waals surface area contributed by atoms with Crippen molar-refractivity contribution in [1.82, 2.24) is 10.6 Å². The topological polar surface area (TPSA) is 87.7 Å². The van der Waals surface area contributed by atoms with Gasteiger partial charge in [-0.25, -0.2) is 4.79 Å². The molecule has 0 radical (unpaired) electrons. The Morgan fingerprint density at radius 2 is 2.07 bits per heavy atom. The molecule has 6 nitrogen and oxygen atoms in total. The Hall–Kier alpha value is -2.59. The second-order valence-corrected chi connectivity index (χ2v) is 7.11. The molecule has 0 saturated carbocycles. The van der Waals surface area contributed by atoms with Crippen LogP contribution in [0.4, 0.5) is 18.0 Å². The number of thiophene rings is 1. The summed E-state index contributed by atoms with van der Waals surface area (Å²) in [6.07, 6.45) is -5.28. The smallest absolute Gasteiger partial charge is 0.437 e. The van der Waals surface area contributed by atoms with E-state index in [1.165, 1.54) is 35.6 Å². The Kier molecular flexibility index (Phi) is 5.35. The standard InChI is InChI=1S/C18H17F3N2O4S/c1-2-27-11-6-3-5-10(9-11)14-13(15(24)12-7-4-8-28-12)17(26,18(19,20)21)23-16(25)22-14/h3-9,13-14,26H,2H2,1H3,(H2,22,23,25)/t13-,14-,17-/m0/s1. The lowest BCUT2D eigenvalue weighted by Gasteiger charge is -2.44. The van der Waals surface area contributed by atoms with Crippen molar-refractivity contribution in [2.24, 2.45) is 5.92 Å². The quantitative estimate of drug-likeness (QED) is 0.656. The van der Waals surface area contributed by atoms with Crippen LogP contribution in [-0.4, -0.2) is 35.4 Å². The fourth-order valence-corrected chi connectivity index (χ4v) is 3.86. The first-order valence-electron chi connectivity index (χ1n) is 8.35. The fraction of sp³-hybridized carbons (Fsp3) is 0.333. The molecule has 0 spiro atoms. The Morgan fingerprint density at radius 3 is 2.68 bits per heavy atom. The van der Waals surface area contributed by atoms with E-state index >= 15 is 0 Å². The van der Waals surface area contributed by atoms with E-state index in [1.807, 2.05) is 0 Å². The second kappa shape index (κ2) is 7.44. The minimum atomic E-state index is -5.28. The molecule has 0 bridgehead atoms. The summed E-state index contributed by atoms with van der Waals surface area (Å²) in [5, 5.41) is 15.8. The highest BCUT2D eigenvalue weighted by molar-refractivity contribution is 7.12. The molecule has 0 aliphatic carbocycles. The van der Waals surface area contributed by atoms with Gasteiger partial charge < -0.3 is 20.5 Å². The number of Topliss-reactive ketones (excluding diaryl/α,β-unsaturated/α-hetero) is 1. The minimum absolute atomic E-state index is 0.0385. The van der Waals surface area contributed by atoms with Gasteiger partial charge in [-0.3, -0.25) is 4.79 Å². The van der Waals surface area contributed by atoms with Crippen molar-refractivity contribution in [1.29, 1.82) is 0 Å². The molecule has 150 valence electrons. The predicted octanol–water partition coefficient (Wildman–Crippen LogP) is 3.25. The van der Waals surface area contributed by atoms with E-state index in [4.69, 9.17) is 4.74 Å². The first-order valence-corrected chi connectivity index (χ1v) is 9.23. The molecule has 28 heavy (non-hydrogen) atoms. The first-order chi connectivity index (χ1) is 13.2. The maximum Gasteiger partial charge on any atom is 0.437 e. The van der Waals surface area contributed by atoms with Crippen LogP contribution in [0.3, 0.4) is 0 Å². The number of aliphatic hydroxyl groups is 1. The van der Waals surface area contributed by atoms with Crippen LogP contribution in [0.25, 0.3) is 0 Å². The van der Waals surface area contributed by atoms with E-state index in [0.717, 1.165) is 11.3 Å². The van der Waals surface area contributed by atoms with Crippen molar-refractivity contribution in [2.45, 2.75) is 24.9 Å². The molecule has 1 aromatic heterocycles. The van der Waals surface area contributed by atoms with Gasteiger partial charge in [0.05, 0.1) is 17.5 Å². The number of benzene rings is 1. The Bertz CT molecular complexity index is 872. The number of halogens is 3. The van der Waals surface area contributed by atoms with Gasteiger partial charge in [0.15, 0.2) is 5.78 Å². The largest absolute Gasteiger partial charge is 0.494 e. The Balaban J connectivity index is 2.13. The number of ketones is 1. The van der Waals surface area contributed by atoms with E-state index in [1.54, 1.807) is 18.4 Å². The molecular formula is C18H17F3N2O4S. The summed E-state index contributed by atoms with van der Waals surface area (Å²) in [5.41, 5.74) is -3.53. The van der Waals surface area contributed by atoms with Gasteiger partial charge in [0.1, 0.15) is 11.7 Å². The monoisotopic (exact) mass is 414 g/mol. The van der Waals surface area contributed by atoms with Gasteiger partial charge in [-0.1, -0.05) is 18.2 Å². The number of alkyl halides is 3. The highest BCUT2D eigenvalue weighted by Gasteiger charge is 2.66. The number of urea groups is 1. The lowest BCUT2D eigenvalue weighted by atomic mass is 9.78. The summed E-state index contributed by atoms with van der Waals surface area (Å²) in [5.74, 6) is -2.61. The highest BCUT2D eigenvalue weighted by Crippen LogP contribution is 2.44. The molecule has 1 aliphatic heterocycles. The van der Waals surface area contributed by atoms with E-state index in [-0.39, 0.29) is 10.4 Å². The van der Waals surface area contributed by atoms with Crippen LogP contribution in [0.1, 0.15) is 28.2 Å². The fourth-order valence-electron chi connectivity index (χ4n) is 3.15. The molecule has 10 heteroatoms. The van der Waals surface area contributed by atoms with Crippen molar-refractivity contribution in [3.8, 4) is 5.75 Å². The lowest BCUT2D eigenvalue weighted by Crippen LogP contribution is -2.72. The molecular weight excluding hydrogens is 397 g/mol. The van der Waals surface area contributed by atoms with Crippen molar-refractivity contribution < 1.29 is 32.6 Å². The number of hydrogen-bond acceptors (Lipinski definition) is 5. The second-order valence-electron chi connectivity index (χ2n) is 6.16. The molecule has 1 aliphatic rings. The third-order valence-corrected chi connectivity index (χ3v) is 5.27. The van der Waals surface area contributed by atoms with Gasteiger partial charge in [0, 0.05) is 0 Å². The number of carbonyl (C=O) groups is 2. The Morgan fingerprint density at radius 1 is 1.32 bits per heavy atom. The summed E-state index contributed by atoms with van der Waals surface area (Å²) in [6.45, 7) is 2.07. The number of rotatable bonds is 5. The van der Waals surface area contributed by atoms with Crippen LogP contribution in [0, 0.1) is 5.92 Å². The van der Waals surface area contributed by atoms with Crippen LogP contribution in [-0.2, 0) is 0 Å². The molecule has 3 N–H and O–H groups in total. The third-order valence-electron chi connectivity index (χ3n) is 4.38. The van der Waals surface area contributed by atoms with E-state index in [9.17, 15) is 27.9 Å². The van der Waals surface area contributed by atoms with Crippen molar-refractivity contribution in [2.75, 3.05) is 6.61 Å². The van der Waals surface area contributed by atoms with Crippen LogP contribution >= 0.6 is 11.3 Å². The van der Waals surface area contributed by atoms with Crippen LogP contribution in [0.15, 0.2) is 41.8 Å². The van der Waals surface area contributed by atoms with E-state index in [0.29, 0.717) is 12.4 Å². The number of hydrogen-bond donors (Lipinski definition) is 3. The SMILES string of the molecule is CCOc1cccc([C@@H]2NC(=O)N[C@@](O)(C(F)(F)F)[C@@H]2C(=O)c2cccs2)c1. The number of amides is 2. The van der Waals surface area contributed by atoms with Crippen molar-refractivity contribution >= 4 is 23.2 Å². The molecule has 0 unspecified atom stereocenters. The van der Waals surface area contributed by atoms with Crippen LogP contribution in [0.2, 0.25) is 0 Å². The normalized spacial score (nSPS) is 25.0. The summed E-state index contributed by atoms with van der Waals surface area (Å²) in [7, 11) is 0. The maximum absolute atomic E-state index is 13.8. The average Bonchev–Trinajstić information content (AvgIpc) is 3.15. The first kappa shape index (κ1) is 20.2. The number of nitrogens with one attached hydrogen (secondary N) is 2. The molecule has 2 aromatic rings. The van der Waals surface area contributed by atoms with E-state index < -0.39 is 35.7 Å². The molecule has 1 fully saturated rings. The number of ether oxygens (including phenoxy) is 1. The summed E-state index contributed by atoms with van der Waals surface area (Å²) >= 11 is 0.952. The van der Waals surface area contributed by atoms with Gasteiger partial charge in [0.2, 0.25) is 5.72 Å². The molecule has 3 rings (SSSR count). The van der Waals surface area contributed by atoms with Gasteiger partial charge in [-0.15, -0.1) is 11.3 Å². The molecule has 2 heterocycles. The van der Waals surface area contributed by atoms with E-state index in [2.05, 4.69) is 5.32 Å². The number of carbonyl (C=O) groups excluding carboxylic acids is 2. The van der Waals surface area contributed by atoms with Gasteiger partial charge in [-0.2, -0.15) is 13.2 Å². The summed E-state index contributed by atoms with van der Waals surface area (Å²) in [6, 6.07) is 6.26. The zero-order chi connectivity index (χ0) is 20.5. The van der Waals surface area contributed by atoms with Gasteiger partial charge in [-0.05, 0) is 36.1 Å². The lowest BCUT2D eigenvalue weighted by molar-refractivity contribution is -0.287.